The Morgan fingerprint density at radius 2 is 1.83 bits per heavy atom. The van der Waals surface area contributed by atoms with E-state index < -0.39 is 18.0 Å². The molecule has 0 aromatic heterocycles. The quantitative estimate of drug-likeness (QED) is 0.642. The maximum Gasteiger partial charge on any atom is 0.339 e. The third-order valence-corrected chi connectivity index (χ3v) is 3.51. The molecule has 1 unspecified atom stereocenters. The minimum Gasteiger partial charge on any atom is -0.482 e. The zero-order valence-corrected chi connectivity index (χ0v) is 13.4. The number of aliphatic carboxylic acids is 1. The predicted molar refractivity (Wildman–Crippen MR) is 84.0 cm³/mol. The lowest BCUT2D eigenvalue weighted by molar-refractivity contribution is -0.137. The highest BCUT2D eigenvalue weighted by atomic mass is 16.5. The van der Waals surface area contributed by atoms with Crippen LogP contribution < -0.4 is 4.74 Å². The van der Waals surface area contributed by atoms with E-state index in [2.05, 4.69) is 0 Å². The van der Waals surface area contributed by atoms with Gasteiger partial charge in [-0.2, -0.15) is 0 Å². The summed E-state index contributed by atoms with van der Waals surface area (Å²) < 4.78 is 5.40. The van der Waals surface area contributed by atoms with Gasteiger partial charge in [-0.05, 0) is 50.8 Å². The number of carboxylic acid groups (broad SMARTS) is 2. The molecule has 6 nitrogen and oxygen atoms in total. The summed E-state index contributed by atoms with van der Waals surface area (Å²) >= 11 is 0. The van der Waals surface area contributed by atoms with Gasteiger partial charge in [0.1, 0.15) is 11.3 Å². The van der Waals surface area contributed by atoms with Crippen LogP contribution in [0, 0.1) is 0 Å². The molecule has 0 aliphatic carbocycles. The Morgan fingerprint density at radius 1 is 1.13 bits per heavy atom. The minimum atomic E-state index is -1.11. The summed E-state index contributed by atoms with van der Waals surface area (Å²) in [6.07, 6.45) is 2.29. The first-order valence-corrected chi connectivity index (χ1v) is 7.56. The number of carboxylic acids is 2. The summed E-state index contributed by atoms with van der Waals surface area (Å²) in [4.78, 5) is 33.0. The average molecular weight is 322 g/mol. The number of hydrogen-bond donors (Lipinski definition) is 2. The van der Waals surface area contributed by atoms with Crippen LogP contribution in [0.2, 0.25) is 0 Å². The second kappa shape index (κ2) is 8.92. The molecule has 0 saturated heterocycles. The zero-order valence-electron chi connectivity index (χ0n) is 13.4. The van der Waals surface area contributed by atoms with Crippen LogP contribution in [0.1, 0.15) is 55.5 Å². The number of aromatic carboxylic acids is 1. The van der Waals surface area contributed by atoms with Gasteiger partial charge in [-0.15, -0.1) is 0 Å². The first-order valence-electron chi connectivity index (χ1n) is 7.56. The molecule has 126 valence electrons. The molecule has 0 radical (unpaired) electrons. The first kappa shape index (κ1) is 18.7. The van der Waals surface area contributed by atoms with Crippen molar-refractivity contribution in [3.63, 3.8) is 0 Å². The number of benzene rings is 1. The van der Waals surface area contributed by atoms with Gasteiger partial charge in [0, 0.05) is 6.42 Å². The maximum absolute atomic E-state index is 11.3. The number of ketones is 1. The maximum atomic E-state index is 11.3. The van der Waals surface area contributed by atoms with Crippen LogP contribution in [0.4, 0.5) is 0 Å². The standard InChI is InChI=1S/C17H22O6/c1-11(18)12(2)23-15-9-8-13(10-14(15)17(21)22)6-4-3-5-7-16(19)20/h8-10,12H,3-7H2,1-2H3,(H,19,20)(H,21,22). The van der Waals surface area contributed by atoms with E-state index in [1.807, 2.05) is 0 Å². The van der Waals surface area contributed by atoms with Crippen LogP contribution in [0.15, 0.2) is 18.2 Å². The summed E-state index contributed by atoms with van der Waals surface area (Å²) in [7, 11) is 0. The zero-order chi connectivity index (χ0) is 17.4. The van der Waals surface area contributed by atoms with E-state index in [-0.39, 0.29) is 23.5 Å². The van der Waals surface area contributed by atoms with Crippen molar-refractivity contribution in [1.82, 2.24) is 0 Å². The highest BCUT2D eigenvalue weighted by Crippen LogP contribution is 2.23. The van der Waals surface area contributed by atoms with Crippen molar-refractivity contribution >= 4 is 17.7 Å². The van der Waals surface area contributed by atoms with Crippen molar-refractivity contribution in [2.45, 2.75) is 52.1 Å². The lowest BCUT2D eigenvalue weighted by Crippen LogP contribution is -2.22. The Hall–Kier alpha value is -2.37. The molecule has 1 aromatic carbocycles. The number of carbonyl (C=O) groups excluding carboxylic acids is 1. The first-order chi connectivity index (χ1) is 10.8. The van der Waals surface area contributed by atoms with Crippen LogP contribution in [-0.2, 0) is 16.0 Å². The van der Waals surface area contributed by atoms with Crippen LogP contribution >= 0.6 is 0 Å². The summed E-state index contributed by atoms with van der Waals surface area (Å²) in [5.41, 5.74) is 0.877. The molecule has 0 saturated carbocycles. The second-order valence-electron chi connectivity index (χ2n) is 5.46. The molecule has 0 fully saturated rings. The summed E-state index contributed by atoms with van der Waals surface area (Å²) in [6.45, 7) is 2.96. The molecule has 0 aliphatic heterocycles. The Bertz CT molecular complexity index is 578. The van der Waals surface area contributed by atoms with E-state index in [9.17, 15) is 19.5 Å². The van der Waals surface area contributed by atoms with Crippen molar-refractivity contribution in [3.8, 4) is 5.75 Å². The second-order valence-corrected chi connectivity index (χ2v) is 5.46. The van der Waals surface area contributed by atoms with E-state index >= 15 is 0 Å². The summed E-state index contributed by atoms with van der Waals surface area (Å²) in [5, 5.41) is 17.8. The van der Waals surface area contributed by atoms with Crippen molar-refractivity contribution in [3.05, 3.63) is 29.3 Å². The molecule has 6 heteroatoms. The molecule has 0 amide bonds. The average Bonchev–Trinajstić information content (AvgIpc) is 2.47. The van der Waals surface area contributed by atoms with Crippen LogP contribution in [-0.4, -0.2) is 34.0 Å². The Balaban J connectivity index is 2.69. The number of ether oxygens (including phenoxy) is 1. The molecule has 0 aliphatic rings. The predicted octanol–water partition coefficient (Wildman–Crippen LogP) is 2.93. The van der Waals surface area contributed by atoms with Crippen molar-refractivity contribution in [2.24, 2.45) is 0 Å². The number of rotatable bonds is 10. The Morgan fingerprint density at radius 3 is 2.39 bits per heavy atom. The van der Waals surface area contributed by atoms with E-state index in [1.54, 1.807) is 25.1 Å². The summed E-state index contributed by atoms with van der Waals surface area (Å²) in [5.74, 6) is -1.92. The van der Waals surface area contributed by atoms with Crippen molar-refractivity contribution in [1.29, 1.82) is 0 Å². The molecule has 0 spiro atoms. The molecule has 2 N–H and O–H groups in total. The fraction of sp³-hybridized carbons (Fsp3) is 0.471. The monoisotopic (exact) mass is 322 g/mol. The molecule has 1 aromatic rings. The molecule has 0 bridgehead atoms. The number of unbranched alkanes of at least 4 members (excludes halogenated alkanes) is 2. The van der Waals surface area contributed by atoms with Gasteiger partial charge in [0.25, 0.3) is 0 Å². The van der Waals surface area contributed by atoms with Crippen LogP contribution in [0.3, 0.4) is 0 Å². The third-order valence-electron chi connectivity index (χ3n) is 3.51. The molecule has 0 heterocycles. The smallest absolute Gasteiger partial charge is 0.339 e. The summed E-state index contributed by atoms with van der Waals surface area (Å²) in [6, 6.07) is 4.88. The fourth-order valence-corrected chi connectivity index (χ4v) is 2.06. The molecular formula is C17H22O6. The Labute approximate surface area is 135 Å². The van der Waals surface area contributed by atoms with E-state index in [0.29, 0.717) is 12.8 Å². The normalized spacial score (nSPS) is 11.7. The van der Waals surface area contributed by atoms with Gasteiger partial charge in [0.05, 0.1) is 0 Å². The van der Waals surface area contributed by atoms with Gasteiger partial charge in [-0.1, -0.05) is 12.5 Å². The van der Waals surface area contributed by atoms with Crippen LogP contribution in [0.25, 0.3) is 0 Å². The molecule has 1 atom stereocenters. The Kier molecular flexibility index (Phi) is 7.25. The van der Waals surface area contributed by atoms with Crippen LogP contribution in [0.5, 0.6) is 5.75 Å². The van der Waals surface area contributed by atoms with Gasteiger partial charge in [-0.3, -0.25) is 9.59 Å². The number of carbonyl (C=O) groups is 3. The largest absolute Gasteiger partial charge is 0.482 e. The highest BCUT2D eigenvalue weighted by molar-refractivity contribution is 5.91. The topological polar surface area (TPSA) is 101 Å². The van der Waals surface area contributed by atoms with Gasteiger partial charge in [-0.25, -0.2) is 4.79 Å². The van der Waals surface area contributed by atoms with E-state index in [0.717, 1.165) is 18.4 Å². The van der Waals surface area contributed by atoms with Crippen molar-refractivity contribution in [2.75, 3.05) is 0 Å². The lowest BCUT2D eigenvalue weighted by Gasteiger charge is -2.14. The van der Waals surface area contributed by atoms with Gasteiger partial charge >= 0.3 is 11.9 Å². The number of hydrogen-bond acceptors (Lipinski definition) is 4. The molecule has 23 heavy (non-hydrogen) atoms. The molecular weight excluding hydrogens is 300 g/mol. The van der Waals surface area contributed by atoms with Gasteiger partial charge < -0.3 is 14.9 Å². The van der Waals surface area contributed by atoms with E-state index in [4.69, 9.17) is 9.84 Å². The van der Waals surface area contributed by atoms with Gasteiger partial charge in [0.15, 0.2) is 11.9 Å². The molecule has 1 rings (SSSR count). The SMILES string of the molecule is CC(=O)C(C)Oc1ccc(CCCCCC(=O)O)cc1C(=O)O. The number of aryl methyl sites for hydroxylation is 1. The van der Waals surface area contributed by atoms with E-state index in [1.165, 1.54) is 6.92 Å². The van der Waals surface area contributed by atoms with Gasteiger partial charge in [0.2, 0.25) is 0 Å². The number of Topliss-reactive ketones (excluding diaryl/α,β-unsaturated/α-hetero) is 1. The third kappa shape index (κ3) is 6.50. The highest BCUT2D eigenvalue weighted by Gasteiger charge is 2.16. The lowest BCUT2D eigenvalue weighted by atomic mass is 10.0. The fourth-order valence-electron chi connectivity index (χ4n) is 2.06. The minimum absolute atomic E-state index is 0.0288. The van der Waals surface area contributed by atoms with Crippen molar-refractivity contribution < 1.29 is 29.3 Å².